The number of nitrogens with zero attached hydrogens (tertiary/aromatic N) is 4. The molecule has 3 N–H and O–H groups in total. The number of rotatable bonds is 6. The standard InChI is InChI=1S/C28H34F3N7O2.CH4/c1-17-5-12-21(15-23(17)28(29,30)31)32-26(40)38(22-13-10-20(11-14-22)27(2,3)4)16-18-6-8-19(9-7-18)24(39)33-25-34-36-37-35-25;/h5-9,12,15,20,22H,10-11,13-14,16H2,1-4H3,(H,32,40)(H2,33,34,35,36,37,39);1H4. The van der Waals surface area contributed by atoms with Gasteiger partial charge in [0.05, 0.1) is 5.56 Å². The lowest BCUT2D eigenvalue weighted by Crippen LogP contribution is -2.45. The molecule has 1 fully saturated rings. The Hall–Kier alpha value is -3.96. The highest BCUT2D eigenvalue weighted by molar-refractivity contribution is 6.03. The van der Waals surface area contributed by atoms with Gasteiger partial charge in [0.2, 0.25) is 0 Å². The molecule has 0 atom stereocenters. The zero-order valence-electron chi connectivity index (χ0n) is 23.0. The van der Waals surface area contributed by atoms with Crippen molar-refractivity contribution in [1.82, 2.24) is 25.5 Å². The number of amides is 3. The highest BCUT2D eigenvalue weighted by Crippen LogP contribution is 2.39. The minimum absolute atomic E-state index is 0. The summed E-state index contributed by atoms with van der Waals surface area (Å²) in [5, 5.41) is 18.3. The van der Waals surface area contributed by atoms with Crippen molar-refractivity contribution in [2.75, 3.05) is 10.6 Å². The maximum atomic E-state index is 13.5. The van der Waals surface area contributed by atoms with Crippen molar-refractivity contribution < 1.29 is 22.8 Å². The zero-order chi connectivity index (χ0) is 29.1. The Morgan fingerprint density at radius 3 is 2.22 bits per heavy atom. The first kappa shape index (κ1) is 31.6. The number of nitrogens with one attached hydrogen (secondary N) is 3. The molecule has 2 aromatic carbocycles. The van der Waals surface area contributed by atoms with E-state index in [0.717, 1.165) is 37.3 Å². The van der Waals surface area contributed by atoms with Gasteiger partial charge >= 0.3 is 12.2 Å². The summed E-state index contributed by atoms with van der Waals surface area (Å²) in [6.45, 7) is 8.28. The van der Waals surface area contributed by atoms with Gasteiger partial charge in [0.1, 0.15) is 0 Å². The topological polar surface area (TPSA) is 116 Å². The molecule has 41 heavy (non-hydrogen) atoms. The summed E-state index contributed by atoms with van der Waals surface area (Å²) in [6, 6.07) is 10.0. The highest BCUT2D eigenvalue weighted by Gasteiger charge is 2.35. The predicted octanol–water partition coefficient (Wildman–Crippen LogP) is 7.05. The lowest BCUT2D eigenvalue weighted by molar-refractivity contribution is -0.138. The maximum absolute atomic E-state index is 13.5. The van der Waals surface area contributed by atoms with Crippen molar-refractivity contribution in [1.29, 1.82) is 0 Å². The van der Waals surface area contributed by atoms with Crippen molar-refractivity contribution in [3.63, 3.8) is 0 Å². The van der Waals surface area contributed by atoms with Gasteiger partial charge in [-0.3, -0.25) is 10.1 Å². The molecule has 9 nitrogen and oxygen atoms in total. The fraction of sp³-hybridized carbons (Fsp3) is 0.483. The van der Waals surface area contributed by atoms with Gasteiger partial charge in [-0.1, -0.05) is 51.5 Å². The van der Waals surface area contributed by atoms with Crippen LogP contribution in [0.4, 0.5) is 29.6 Å². The Bertz CT molecular complexity index is 1310. The van der Waals surface area contributed by atoms with Crippen molar-refractivity contribution in [3.05, 3.63) is 64.7 Å². The monoisotopic (exact) mass is 573 g/mol. The van der Waals surface area contributed by atoms with Crippen LogP contribution in [0.2, 0.25) is 0 Å². The van der Waals surface area contributed by atoms with Crippen LogP contribution in [-0.4, -0.2) is 43.5 Å². The van der Waals surface area contributed by atoms with E-state index in [1.54, 1.807) is 29.2 Å². The molecule has 0 radical (unpaired) electrons. The normalized spacial score (nSPS) is 17.3. The molecule has 1 saturated carbocycles. The van der Waals surface area contributed by atoms with Crippen LogP contribution in [0.1, 0.15) is 80.9 Å². The third kappa shape index (κ3) is 8.05. The first-order valence-electron chi connectivity index (χ1n) is 13.2. The summed E-state index contributed by atoms with van der Waals surface area (Å²) >= 11 is 0. The van der Waals surface area contributed by atoms with Crippen LogP contribution in [0.25, 0.3) is 0 Å². The smallest absolute Gasteiger partial charge is 0.317 e. The van der Waals surface area contributed by atoms with E-state index in [1.807, 2.05) is 0 Å². The van der Waals surface area contributed by atoms with Gasteiger partial charge in [-0.05, 0) is 84.5 Å². The third-order valence-corrected chi connectivity index (χ3v) is 7.56. The Morgan fingerprint density at radius 2 is 1.66 bits per heavy atom. The van der Waals surface area contributed by atoms with E-state index in [1.165, 1.54) is 19.1 Å². The van der Waals surface area contributed by atoms with Gasteiger partial charge in [-0.15, -0.1) is 5.10 Å². The van der Waals surface area contributed by atoms with E-state index in [2.05, 4.69) is 52.0 Å². The molecule has 222 valence electrons. The van der Waals surface area contributed by atoms with Crippen LogP contribution in [0.5, 0.6) is 0 Å². The Kier molecular flexibility index (Phi) is 9.77. The van der Waals surface area contributed by atoms with Crippen LogP contribution in [0, 0.1) is 18.3 Å². The second kappa shape index (κ2) is 12.7. The van der Waals surface area contributed by atoms with Gasteiger partial charge in [-0.2, -0.15) is 18.4 Å². The molecule has 0 saturated heterocycles. The summed E-state index contributed by atoms with van der Waals surface area (Å²) in [6.07, 6.45) is -1.02. The quantitative estimate of drug-likeness (QED) is 0.292. The second-order valence-corrected chi connectivity index (χ2v) is 11.3. The van der Waals surface area contributed by atoms with Crippen LogP contribution in [0.3, 0.4) is 0 Å². The molecular formula is C29H38F3N7O2. The van der Waals surface area contributed by atoms with E-state index in [-0.39, 0.29) is 42.6 Å². The second-order valence-electron chi connectivity index (χ2n) is 11.3. The summed E-state index contributed by atoms with van der Waals surface area (Å²) in [7, 11) is 0. The molecule has 4 rings (SSSR count). The van der Waals surface area contributed by atoms with Crippen molar-refractivity contribution >= 4 is 23.6 Å². The van der Waals surface area contributed by atoms with Gasteiger partial charge in [0, 0.05) is 23.8 Å². The van der Waals surface area contributed by atoms with Gasteiger partial charge in [-0.25, -0.2) is 4.79 Å². The number of halogens is 3. The lowest BCUT2D eigenvalue weighted by atomic mass is 9.71. The molecular weight excluding hydrogens is 535 g/mol. The molecule has 0 aliphatic heterocycles. The highest BCUT2D eigenvalue weighted by atomic mass is 19.4. The summed E-state index contributed by atoms with van der Waals surface area (Å²) < 4.78 is 40.4. The largest absolute Gasteiger partial charge is 0.416 e. The number of carbonyl (C=O) groups excluding carboxylic acids is 2. The molecule has 3 aromatic rings. The van der Waals surface area contributed by atoms with E-state index in [9.17, 15) is 22.8 Å². The molecule has 0 spiro atoms. The van der Waals surface area contributed by atoms with Gasteiger partial charge < -0.3 is 10.2 Å². The van der Waals surface area contributed by atoms with Crippen molar-refractivity contribution in [2.24, 2.45) is 11.3 Å². The number of urea groups is 1. The molecule has 0 bridgehead atoms. The maximum Gasteiger partial charge on any atom is 0.416 e. The number of anilines is 2. The molecule has 1 aliphatic rings. The lowest BCUT2D eigenvalue weighted by Gasteiger charge is -2.41. The SMILES string of the molecule is C.Cc1ccc(NC(=O)N(Cc2ccc(C(=O)Nc3nn[nH]n3)cc2)C2CCC(C(C)(C)C)CC2)cc1C(F)(F)F. The van der Waals surface area contributed by atoms with Crippen molar-refractivity contribution in [2.45, 2.75) is 79.6 Å². The number of aryl methyl sites for hydroxylation is 1. The predicted molar refractivity (Wildman–Crippen MR) is 151 cm³/mol. The van der Waals surface area contributed by atoms with E-state index < -0.39 is 23.7 Å². The number of aromatic amines is 1. The van der Waals surface area contributed by atoms with Gasteiger partial charge in [0.25, 0.3) is 11.9 Å². The summed E-state index contributed by atoms with van der Waals surface area (Å²) in [4.78, 5) is 27.7. The first-order chi connectivity index (χ1) is 18.8. The Labute approximate surface area is 238 Å². The number of hydrogen-bond donors (Lipinski definition) is 3. The Balaban J connectivity index is 0.00000462. The number of benzene rings is 2. The summed E-state index contributed by atoms with van der Waals surface area (Å²) in [5.74, 6) is 0.160. The number of alkyl halides is 3. The minimum Gasteiger partial charge on any atom is -0.317 e. The molecule has 12 heteroatoms. The minimum atomic E-state index is -4.52. The summed E-state index contributed by atoms with van der Waals surface area (Å²) in [5.41, 5.74) is 0.707. The van der Waals surface area contributed by atoms with E-state index in [4.69, 9.17) is 0 Å². The number of carbonyl (C=O) groups is 2. The fourth-order valence-corrected chi connectivity index (χ4v) is 5.17. The molecule has 1 aliphatic carbocycles. The average molecular weight is 574 g/mol. The van der Waals surface area contributed by atoms with E-state index in [0.29, 0.717) is 11.5 Å². The van der Waals surface area contributed by atoms with Gasteiger partial charge in [0.15, 0.2) is 0 Å². The molecule has 1 heterocycles. The number of H-pyrrole nitrogens is 1. The molecule has 3 amide bonds. The number of hydrogen-bond acceptors (Lipinski definition) is 5. The zero-order valence-corrected chi connectivity index (χ0v) is 23.0. The van der Waals surface area contributed by atoms with E-state index >= 15 is 0 Å². The molecule has 1 aromatic heterocycles. The van der Waals surface area contributed by atoms with Crippen LogP contribution >= 0.6 is 0 Å². The van der Waals surface area contributed by atoms with Crippen LogP contribution in [-0.2, 0) is 12.7 Å². The number of tetrazole rings is 1. The third-order valence-electron chi connectivity index (χ3n) is 7.56. The fourth-order valence-electron chi connectivity index (χ4n) is 5.17. The average Bonchev–Trinajstić information content (AvgIpc) is 3.40. The van der Waals surface area contributed by atoms with Crippen LogP contribution < -0.4 is 10.6 Å². The molecule has 0 unspecified atom stereocenters. The Morgan fingerprint density at radius 1 is 1.00 bits per heavy atom. The van der Waals surface area contributed by atoms with Crippen molar-refractivity contribution in [3.8, 4) is 0 Å². The first-order valence-corrected chi connectivity index (χ1v) is 13.2. The number of aromatic nitrogens is 4. The van der Waals surface area contributed by atoms with Crippen LogP contribution in [0.15, 0.2) is 42.5 Å².